The first-order valence-corrected chi connectivity index (χ1v) is 15.2. The molecular weight excluding hydrogens is 605 g/mol. The molecule has 0 N–H and O–H groups in total. The van der Waals surface area contributed by atoms with Gasteiger partial charge in [-0.05, 0) is 102 Å². The Kier molecular flexibility index (Phi) is 8.71. The van der Waals surface area contributed by atoms with Crippen molar-refractivity contribution >= 4 is 34.1 Å². The van der Waals surface area contributed by atoms with Gasteiger partial charge in [-0.15, -0.1) is 0 Å². The van der Waals surface area contributed by atoms with Crippen molar-refractivity contribution in [3.05, 3.63) is 180 Å². The van der Waals surface area contributed by atoms with E-state index in [9.17, 15) is 23.7 Å². The number of para-hydroxylation sites is 2. The van der Waals surface area contributed by atoms with Crippen LogP contribution in [-0.4, -0.2) is 0 Å². The van der Waals surface area contributed by atoms with Gasteiger partial charge in [0, 0.05) is 34.1 Å². The van der Waals surface area contributed by atoms with Crippen LogP contribution >= 0.6 is 0 Å². The van der Waals surface area contributed by atoms with Crippen molar-refractivity contribution < 1.29 is 13.2 Å². The van der Waals surface area contributed by atoms with Crippen LogP contribution in [0.1, 0.15) is 22.3 Å². The third kappa shape index (κ3) is 6.23. The molecule has 0 aliphatic rings. The van der Waals surface area contributed by atoms with Crippen LogP contribution in [0.25, 0.3) is 0 Å². The second-order valence-electron chi connectivity index (χ2n) is 11.3. The fourth-order valence-corrected chi connectivity index (χ4v) is 5.81. The Bertz CT molecular complexity index is 2080. The number of alkyl halides is 3. The van der Waals surface area contributed by atoms with E-state index >= 15 is 0 Å². The predicted molar refractivity (Wildman–Crippen MR) is 184 cm³/mol. The van der Waals surface area contributed by atoms with Crippen molar-refractivity contribution in [3.63, 3.8) is 0 Å². The first kappa shape index (κ1) is 31.7. The monoisotopic (exact) mass is 634 g/mol. The van der Waals surface area contributed by atoms with Gasteiger partial charge in [0.2, 0.25) is 0 Å². The molecule has 0 amide bonds. The van der Waals surface area contributed by atoms with Gasteiger partial charge in [-0.25, -0.2) is 0 Å². The van der Waals surface area contributed by atoms with Crippen molar-refractivity contribution in [2.75, 3.05) is 9.80 Å². The Balaban J connectivity index is 1.38. The zero-order valence-corrected chi connectivity index (χ0v) is 25.9. The molecule has 0 bridgehead atoms. The summed E-state index contributed by atoms with van der Waals surface area (Å²) in [5, 5.41) is 21.0. The van der Waals surface area contributed by atoms with Gasteiger partial charge in [-0.1, -0.05) is 78.9 Å². The van der Waals surface area contributed by atoms with E-state index < -0.39 is 17.2 Å². The summed E-state index contributed by atoms with van der Waals surface area (Å²) < 4.78 is 40.9. The lowest BCUT2D eigenvalue weighted by Crippen LogP contribution is -2.24. The average Bonchev–Trinajstić information content (AvgIpc) is 3.11. The molecule has 6 aromatic carbocycles. The second-order valence-corrected chi connectivity index (χ2v) is 11.3. The number of hydrogen-bond acceptors (Lipinski definition) is 4. The first-order chi connectivity index (χ1) is 23.2. The fourth-order valence-electron chi connectivity index (χ4n) is 5.81. The van der Waals surface area contributed by atoms with Crippen LogP contribution < -0.4 is 9.80 Å². The number of halogens is 3. The Labute approximate surface area is 277 Å². The Hall–Kier alpha value is -6.31. The minimum Gasteiger partial charge on any atom is -0.310 e. The molecule has 234 valence electrons. The van der Waals surface area contributed by atoms with Crippen molar-refractivity contribution in [2.24, 2.45) is 0 Å². The van der Waals surface area contributed by atoms with Crippen LogP contribution in [-0.2, 0) is 11.6 Å². The summed E-state index contributed by atoms with van der Waals surface area (Å²) in [6.07, 6.45) is -4.50. The maximum Gasteiger partial charge on any atom is 0.416 e. The summed E-state index contributed by atoms with van der Waals surface area (Å²) in [5.74, 6) is 0. The number of rotatable bonds is 8. The molecule has 0 unspecified atom stereocenters. The molecule has 6 aromatic rings. The minimum atomic E-state index is -4.50. The van der Waals surface area contributed by atoms with Crippen molar-refractivity contribution in [1.82, 2.24) is 0 Å². The zero-order valence-electron chi connectivity index (χ0n) is 25.9. The number of aryl methyl sites for hydroxylation is 1. The third-order valence-corrected chi connectivity index (χ3v) is 8.17. The van der Waals surface area contributed by atoms with E-state index in [0.717, 1.165) is 34.8 Å². The summed E-state index contributed by atoms with van der Waals surface area (Å²) in [6.45, 7) is 2.04. The standard InChI is InChI=1S/C41H29F3N4/c1-30-10-8-16-38(26-30)47(34-12-4-2-5-13-34)36-22-18-31(19-23-36)40(28-45,29-46)32-20-24-37(25-21-32)48(35-14-6-3-7-15-35)39-17-9-11-33(27-39)41(42,43)44/h2-27H,1H3. The molecule has 0 radical (unpaired) electrons. The molecule has 0 saturated carbocycles. The summed E-state index contributed by atoms with van der Waals surface area (Å²) in [7, 11) is 0. The average molecular weight is 635 g/mol. The number of nitrogens with zero attached hydrogens (tertiary/aromatic N) is 4. The number of nitriles is 2. The normalized spacial score (nSPS) is 11.3. The molecule has 4 nitrogen and oxygen atoms in total. The fraction of sp³-hybridized carbons (Fsp3) is 0.0732. The minimum absolute atomic E-state index is 0.322. The number of hydrogen-bond donors (Lipinski definition) is 0. The highest BCUT2D eigenvalue weighted by Gasteiger charge is 2.36. The molecule has 0 fully saturated rings. The molecule has 0 saturated heterocycles. The van der Waals surface area contributed by atoms with Crippen LogP contribution in [0.5, 0.6) is 0 Å². The van der Waals surface area contributed by atoms with Gasteiger partial charge in [0.15, 0.2) is 5.41 Å². The predicted octanol–water partition coefficient (Wildman–Crippen LogP) is 11.3. The summed E-state index contributed by atoms with van der Waals surface area (Å²) >= 11 is 0. The van der Waals surface area contributed by atoms with Gasteiger partial charge in [0.05, 0.1) is 17.7 Å². The van der Waals surface area contributed by atoms with Crippen LogP contribution in [0, 0.1) is 29.6 Å². The van der Waals surface area contributed by atoms with Crippen LogP contribution in [0.4, 0.5) is 47.3 Å². The van der Waals surface area contributed by atoms with Gasteiger partial charge in [-0.3, -0.25) is 0 Å². The van der Waals surface area contributed by atoms with Gasteiger partial charge in [0.1, 0.15) is 0 Å². The summed E-state index contributed by atoms with van der Waals surface area (Å²) in [4.78, 5) is 3.82. The van der Waals surface area contributed by atoms with Crippen LogP contribution in [0.15, 0.2) is 158 Å². The highest BCUT2D eigenvalue weighted by atomic mass is 19.4. The van der Waals surface area contributed by atoms with E-state index in [2.05, 4.69) is 23.1 Å². The van der Waals surface area contributed by atoms with Crippen molar-refractivity contribution in [1.29, 1.82) is 10.5 Å². The molecule has 0 aliphatic carbocycles. The topological polar surface area (TPSA) is 54.1 Å². The number of benzene rings is 6. The van der Waals surface area contributed by atoms with E-state index in [1.807, 2.05) is 85.8 Å². The Morgan fingerprint density at radius 1 is 0.438 bits per heavy atom. The molecule has 0 heterocycles. The SMILES string of the molecule is Cc1cccc(N(c2ccccc2)c2ccc(C(C#N)(C#N)c3ccc(N(c4ccccc4)c4cccc(C(F)(F)F)c4)cc3)cc2)c1. The first-order valence-electron chi connectivity index (χ1n) is 15.2. The van der Waals surface area contributed by atoms with E-state index in [0.29, 0.717) is 28.2 Å². The lowest BCUT2D eigenvalue weighted by Gasteiger charge is -2.28. The molecule has 7 heteroatoms. The van der Waals surface area contributed by atoms with Gasteiger partial charge < -0.3 is 9.80 Å². The highest BCUT2D eigenvalue weighted by molar-refractivity contribution is 5.78. The van der Waals surface area contributed by atoms with E-state index in [1.165, 1.54) is 6.07 Å². The second kappa shape index (κ2) is 13.2. The van der Waals surface area contributed by atoms with Crippen molar-refractivity contribution in [2.45, 2.75) is 18.5 Å². The number of anilines is 6. The Morgan fingerprint density at radius 2 is 0.833 bits per heavy atom. The maximum atomic E-state index is 13.6. The van der Waals surface area contributed by atoms with Crippen LogP contribution in [0.2, 0.25) is 0 Å². The molecule has 0 atom stereocenters. The van der Waals surface area contributed by atoms with Crippen LogP contribution in [0.3, 0.4) is 0 Å². The van der Waals surface area contributed by atoms with E-state index in [1.54, 1.807) is 59.5 Å². The quantitative estimate of drug-likeness (QED) is 0.167. The van der Waals surface area contributed by atoms with E-state index in [-0.39, 0.29) is 0 Å². The lowest BCUT2D eigenvalue weighted by molar-refractivity contribution is -0.137. The molecule has 6 rings (SSSR count). The molecule has 0 spiro atoms. The largest absolute Gasteiger partial charge is 0.416 e. The highest BCUT2D eigenvalue weighted by Crippen LogP contribution is 2.41. The smallest absolute Gasteiger partial charge is 0.310 e. The van der Waals surface area contributed by atoms with Gasteiger partial charge in [-0.2, -0.15) is 23.7 Å². The molecule has 0 aliphatic heterocycles. The van der Waals surface area contributed by atoms with Gasteiger partial charge in [0.25, 0.3) is 0 Å². The molecule has 48 heavy (non-hydrogen) atoms. The summed E-state index contributed by atoms with van der Waals surface area (Å²) in [6, 6.07) is 50.9. The molecular formula is C41H29F3N4. The Morgan fingerprint density at radius 3 is 1.25 bits per heavy atom. The molecule has 0 aromatic heterocycles. The maximum absolute atomic E-state index is 13.6. The van der Waals surface area contributed by atoms with Crippen molar-refractivity contribution in [3.8, 4) is 12.1 Å². The van der Waals surface area contributed by atoms with E-state index in [4.69, 9.17) is 0 Å². The lowest BCUT2D eigenvalue weighted by atomic mass is 9.77. The van der Waals surface area contributed by atoms with Gasteiger partial charge >= 0.3 is 6.18 Å². The summed E-state index contributed by atoms with van der Waals surface area (Å²) in [5.41, 5.74) is 4.00. The zero-order chi connectivity index (χ0) is 33.7. The third-order valence-electron chi connectivity index (χ3n) is 8.17.